The number of benzene rings is 2. The number of urea groups is 1. The van der Waals surface area contributed by atoms with Gasteiger partial charge in [-0.05, 0) is 35.9 Å². The Morgan fingerprint density at radius 1 is 1.18 bits per heavy atom. The summed E-state index contributed by atoms with van der Waals surface area (Å²) in [6.45, 7) is 0. The summed E-state index contributed by atoms with van der Waals surface area (Å²) >= 11 is 3.33. The van der Waals surface area contributed by atoms with Gasteiger partial charge in [0.1, 0.15) is 0 Å². The number of sulfonamides is 1. The van der Waals surface area contributed by atoms with Crippen LogP contribution in [0.3, 0.4) is 0 Å². The van der Waals surface area contributed by atoms with Crippen LogP contribution >= 0.6 is 15.9 Å². The van der Waals surface area contributed by atoms with Crippen molar-refractivity contribution in [1.82, 2.24) is 0 Å². The topological polar surface area (TPSA) is 92.5 Å². The SMILES string of the molecule is NC(=O)N(c1ccc(Br)cc1)c1cccc2c1NS(=O)(=O)C2. The van der Waals surface area contributed by atoms with Gasteiger partial charge >= 0.3 is 6.03 Å². The van der Waals surface area contributed by atoms with Gasteiger partial charge in [0.15, 0.2) is 0 Å². The van der Waals surface area contributed by atoms with Crippen LogP contribution in [0, 0.1) is 0 Å². The number of hydrogen-bond donors (Lipinski definition) is 2. The van der Waals surface area contributed by atoms with E-state index in [4.69, 9.17) is 5.73 Å². The second-order valence-electron chi connectivity index (χ2n) is 4.82. The number of para-hydroxylation sites is 1. The normalized spacial score (nSPS) is 15.0. The fourth-order valence-electron chi connectivity index (χ4n) is 2.38. The lowest BCUT2D eigenvalue weighted by molar-refractivity contribution is 0.256. The van der Waals surface area contributed by atoms with E-state index < -0.39 is 16.1 Å². The number of anilines is 3. The molecule has 1 aliphatic heterocycles. The number of carbonyl (C=O) groups excluding carboxylic acids is 1. The fourth-order valence-corrected chi connectivity index (χ4v) is 3.92. The first-order chi connectivity index (χ1) is 10.4. The van der Waals surface area contributed by atoms with E-state index >= 15 is 0 Å². The highest BCUT2D eigenvalue weighted by Crippen LogP contribution is 2.39. The zero-order valence-corrected chi connectivity index (χ0v) is 13.7. The van der Waals surface area contributed by atoms with E-state index in [1.165, 1.54) is 4.90 Å². The Kier molecular flexibility index (Phi) is 3.57. The van der Waals surface area contributed by atoms with Crippen molar-refractivity contribution in [1.29, 1.82) is 0 Å². The lowest BCUT2D eigenvalue weighted by Gasteiger charge is -2.23. The molecule has 0 fully saturated rings. The number of nitrogens with two attached hydrogens (primary N) is 1. The first-order valence-corrected chi connectivity index (χ1v) is 8.79. The van der Waals surface area contributed by atoms with Gasteiger partial charge in [-0.2, -0.15) is 0 Å². The van der Waals surface area contributed by atoms with Crippen LogP contribution in [-0.2, 0) is 15.8 Å². The minimum absolute atomic E-state index is 0.108. The predicted octanol–water partition coefficient (Wildman–Crippen LogP) is 2.92. The molecule has 0 aromatic heterocycles. The number of nitrogens with one attached hydrogen (secondary N) is 1. The largest absolute Gasteiger partial charge is 0.351 e. The molecule has 1 heterocycles. The highest BCUT2D eigenvalue weighted by atomic mass is 79.9. The second kappa shape index (κ2) is 5.29. The first kappa shape index (κ1) is 14.9. The van der Waals surface area contributed by atoms with E-state index in [0.717, 1.165) is 4.47 Å². The molecule has 0 aliphatic carbocycles. The highest BCUT2D eigenvalue weighted by molar-refractivity contribution is 9.10. The van der Waals surface area contributed by atoms with Crippen molar-refractivity contribution in [2.75, 3.05) is 9.62 Å². The van der Waals surface area contributed by atoms with Gasteiger partial charge in [0.2, 0.25) is 10.0 Å². The quantitative estimate of drug-likeness (QED) is 0.837. The van der Waals surface area contributed by atoms with E-state index in [1.807, 2.05) is 0 Å². The van der Waals surface area contributed by atoms with Crippen molar-refractivity contribution in [2.45, 2.75) is 5.75 Å². The molecule has 0 radical (unpaired) electrons. The molecule has 0 saturated carbocycles. The highest BCUT2D eigenvalue weighted by Gasteiger charge is 2.29. The standard InChI is InChI=1S/C14H12BrN3O3S/c15-10-4-6-11(7-5-10)18(14(16)19)12-3-1-2-9-8-22(20,21)17-13(9)12/h1-7,17H,8H2,(H2,16,19). The van der Waals surface area contributed by atoms with E-state index in [0.29, 0.717) is 22.6 Å². The van der Waals surface area contributed by atoms with Gasteiger partial charge in [0.25, 0.3) is 0 Å². The van der Waals surface area contributed by atoms with Crippen LogP contribution < -0.4 is 15.4 Å². The van der Waals surface area contributed by atoms with Crippen molar-refractivity contribution in [2.24, 2.45) is 5.73 Å². The summed E-state index contributed by atoms with van der Waals surface area (Å²) in [4.78, 5) is 13.2. The molecule has 22 heavy (non-hydrogen) atoms. The Balaban J connectivity index is 2.14. The maximum atomic E-state index is 11.9. The van der Waals surface area contributed by atoms with E-state index in [2.05, 4.69) is 20.7 Å². The Morgan fingerprint density at radius 2 is 1.86 bits per heavy atom. The van der Waals surface area contributed by atoms with Crippen molar-refractivity contribution < 1.29 is 13.2 Å². The van der Waals surface area contributed by atoms with Crippen LogP contribution in [0.5, 0.6) is 0 Å². The molecule has 114 valence electrons. The number of fused-ring (bicyclic) bond motifs is 1. The third kappa shape index (κ3) is 2.67. The molecule has 1 aliphatic rings. The van der Waals surface area contributed by atoms with E-state index in [9.17, 15) is 13.2 Å². The summed E-state index contributed by atoms with van der Waals surface area (Å²) in [6, 6.07) is 11.4. The molecule has 0 unspecified atom stereocenters. The lowest BCUT2D eigenvalue weighted by Crippen LogP contribution is -2.32. The van der Waals surface area contributed by atoms with Crippen LogP contribution in [0.25, 0.3) is 0 Å². The minimum Gasteiger partial charge on any atom is -0.351 e. The van der Waals surface area contributed by atoms with Gasteiger partial charge in [0.05, 0.1) is 22.8 Å². The van der Waals surface area contributed by atoms with Crippen LogP contribution in [-0.4, -0.2) is 14.4 Å². The second-order valence-corrected chi connectivity index (χ2v) is 7.46. The number of amides is 2. The number of carbonyl (C=O) groups is 1. The third-order valence-corrected chi connectivity index (χ3v) is 5.01. The summed E-state index contributed by atoms with van der Waals surface area (Å²) in [5.41, 5.74) is 7.46. The molecule has 3 rings (SSSR count). The molecule has 0 spiro atoms. The van der Waals surface area contributed by atoms with Crippen molar-refractivity contribution in [3.05, 3.63) is 52.5 Å². The molecule has 0 atom stereocenters. The Bertz CT molecular complexity index is 850. The molecule has 2 aromatic rings. The number of nitrogens with zero attached hydrogens (tertiary/aromatic N) is 1. The average molecular weight is 382 g/mol. The summed E-state index contributed by atoms with van der Waals surface area (Å²) in [5, 5.41) is 0. The molecule has 0 bridgehead atoms. The van der Waals surface area contributed by atoms with Crippen LogP contribution in [0.2, 0.25) is 0 Å². The van der Waals surface area contributed by atoms with Crippen molar-refractivity contribution in [3.8, 4) is 0 Å². The van der Waals surface area contributed by atoms with Gasteiger partial charge in [-0.15, -0.1) is 0 Å². The van der Waals surface area contributed by atoms with Gasteiger partial charge in [-0.1, -0.05) is 28.1 Å². The monoisotopic (exact) mass is 381 g/mol. The number of primary amides is 1. The fraction of sp³-hybridized carbons (Fsp3) is 0.0714. The van der Waals surface area contributed by atoms with Gasteiger partial charge < -0.3 is 5.73 Å². The lowest BCUT2D eigenvalue weighted by atomic mass is 10.1. The summed E-state index contributed by atoms with van der Waals surface area (Å²) in [7, 11) is -3.41. The molecule has 0 saturated heterocycles. The minimum atomic E-state index is -3.41. The Morgan fingerprint density at radius 3 is 2.50 bits per heavy atom. The number of hydrogen-bond acceptors (Lipinski definition) is 3. The third-order valence-electron chi connectivity index (χ3n) is 3.28. The Labute approximate surface area is 136 Å². The van der Waals surface area contributed by atoms with Crippen LogP contribution in [0.4, 0.5) is 21.9 Å². The zero-order chi connectivity index (χ0) is 15.9. The first-order valence-electron chi connectivity index (χ1n) is 6.35. The summed E-state index contributed by atoms with van der Waals surface area (Å²) in [6.07, 6.45) is 0. The van der Waals surface area contributed by atoms with Gasteiger partial charge in [0, 0.05) is 4.47 Å². The molecule has 3 N–H and O–H groups in total. The van der Waals surface area contributed by atoms with Crippen molar-refractivity contribution >= 4 is 49.0 Å². The zero-order valence-electron chi connectivity index (χ0n) is 11.3. The van der Waals surface area contributed by atoms with Crippen LogP contribution in [0.1, 0.15) is 5.56 Å². The van der Waals surface area contributed by atoms with Gasteiger partial charge in [-0.3, -0.25) is 9.62 Å². The van der Waals surface area contributed by atoms with Crippen molar-refractivity contribution in [3.63, 3.8) is 0 Å². The summed E-state index contributed by atoms with van der Waals surface area (Å²) < 4.78 is 26.9. The maximum Gasteiger partial charge on any atom is 0.323 e. The molecule has 6 nitrogen and oxygen atoms in total. The average Bonchev–Trinajstić information content (AvgIpc) is 2.75. The number of halogens is 1. The van der Waals surface area contributed by atoms with Crippen LogP contribution in [0.15, 0.2) is 46.9 Å². The van der Waals surface area contributed by atoms with E-state index in [-0.39, 0.29) is 5.75 Å². The smallest absolute Gasteiger partial charge is 0.323 e. The van der Waals surface area contributed by atoms with E-state index in [1.54, 1.807) is 42.5 Å². The molecule has 2 amide bonds. The predicted molar refractivity (Wildman–Crippen MR) is 88.6 cm³/mol. The Hall–Kier alpha value is -2.06. The molecule has 8 heteroatoms. The number of rotatable bonds is 2. The molecular formula is C14H12BrN3O3S. The maximum absolute atomic E-state index is 11.9. The molecular weight excluding hydrogens is 370 g/mol. The summed E-state index contributed by atoms with van der Waals surface area (Å²) in [5.74, 6) is -0.108. The molecule has 2 aromatic carbocycles. The van der Waals surface area contributed by atoms with Gasteiger partial charge in [-0.25, -0.2) is 13.2 Å².